The first-order valence-electron chi connectivity index (χ1n) is 4.20. The van der Waals surface area contributed by atoms with Crippen LogP contribution in [0.1, 0.15) is 6.92 Å². The predicted molar refractivity (Wildman–Crippen MR) is 51.9 cm³/mol. The number of nitrogens with zero attached hydrogens (tertiary/aromatic N) is 1. The molecule has 0 unspecified atom stereocenters. The van der Waals surface area contributed by atoms with Gasteiger partial charge in [-0.2, -0.15) is 4.99 Å². The van der Waals surface area contributed by atoms with Crippen LogP contribution in [0.4, 0.5) is 5.69 Å². The monoisotopic (exact) mass is 193 g/mol. The summed E-state index contributed by atoms with van der Waals surface area (Å²) in [5, 5.41) is 0. The van der Waals surface area contributed by atoms with Crippen LogP contribution in [-0.4, -0.2) is 19.8 Å². The van der Waals surface area contributed by atoms with Gasteiger partial charge >= 0.3 is 0 Å². The smallest absolute Gasteiger partial charge is 0.240 e. The van der Waals surface area contributed by atoms with Gasteiger partial charge in [0.2, 0.25) is 6.08 Å². The standard InChI is InChI=1S/C10H11NO3/c1-3-14-9-5-4-8(11-7-12)6-10(9)13-2/h4-6H,3H2,1-2H3. The minimum atomic E-state index is 0.500. The first-order chi connectivity index (χ1) is 6.81. The van der Waals surface area contributed by atoms with Crippen molar-refractivity contribution in [1.29, 1.82) is 0 Å². The average molecular weight is 193 g/mol. The first kappa shape index (κ1) is 10.3. The van der Waals surface area contributed by atoms with Gasteiger partial charge in [-0.1, -0.05) is 0 Å². The van der Waals surface area contributed by atoms with Crippen molar-refractivity contribution in [2.75, 3.05) is 13.7 Å². The highest BCUT2D eigenvalue weighted by atomic mass is 16.5. The fourth-order valence-corrected chi connectivity index (χ4v) is 1.05. The summed E-state index contributed by atoms with van der Waals surface area (Å²) in [5.74, 6) is 1.20. The summed E-state index contributed by atoms with van der Waals surface area (Å²) in [5.41, 5.74) is 0.500. The summed E-state index contributed by atoms with van der Waals surface area (Å²) in [6.45, 7) is 2.45. The van der Waals surface area contributed by atoms with E-state index in [9.17, 15) is 4.79 Å². The molecule has 1 aromatic rings. The Kier molecular flexibility index (Phi) is 3.70. The topological polar surface area (TPSA) is 47.9 Å². The molecule has 4 nitrogen and oxygen atoms in total. The highest BCUT2D eigenvalue weighted by molar-refractivity contribution is 5.55. The Morgan fingerprint density at radius 2 is 2.21 bits per heavy atom. The van der Waals surface area contributed by atoms with Crippen LogP contribution in [0.5, 0.6) is 11.5 Å². The van der Waals surface area contributed by atoms with E-state index in [4.69, 9.17) is 9.47 Å². The molecule has 1 aromatic carbocycles. The van der Waals surface area contributed by atoms with Crippen LogP contribution in [0.15, 0.2) is 23.2 Å². The van der Waals surface area contributed by atoms with Crippen LogP contribution >= 0.6 is 0 Å². The minimum Gasteiger partial charge on any atom is -0.493 e. The molecule has 0 aliphatic rings. The van der Waals surface area contributed by atoms with Crippen molar-refractivity contribution in [3.63, 3.8) is 0 Å². The Morgan fingerprint density at radius 3 is 2.79 bits per heavy atom. The molecule has 1 rings (SSSR count). The molecule has 0 saturated heterocycles. The average Bonchev–Trinajstić information content (AvgIpc) is 2.21. The number of hydrogen-bond donors (Lipinski definition) is 0. The van der Waals surface area contributed by atoms with Crippen LogP contribution < -0.4 is 9.47 Å². The second-order valence-corrected chi connectivity index (χ2v) is 2.47. The Bertz CT molecular complexity index is 356. The van der Waals surface area contributed by atoms with Gasteiger partial charge in [0.15, 0.2) is 11.5 Å². The first-order valence-corrected chi connectivity index (χ1v) is 4.20. The second-order valence-electron chi connectivity index (χ2n) is 2.47. The van der Waals surface area contributed by atoms with Gasteiger partial charge < -0.3 is 9.47 Å². The van der Waals surface area contributed by atoms with Crippen molar-refractivity contribution < 1.29 is 14.3 Å². The van der Waals surface area contributed by atoms with Crippen LogP contribution in [-0.2, 0) is 4.79 Å². The van der Waals surface area contributed by atoms with E-state index in [0.29, 0.717) is 23.8 Å². The SMILES string of the molecule is CCOc1ccc(N=C=O)cc1OC. The number of carbonyl (C=O) groups excluding carboxylic acids is 1. The molecule has 0 spiro atoms. The summed E-state index contributed by atoms with van der Waals surface area (Å²) in [4.78, 5) is 13.5. The number of aliphatic imine (C=N–C) groups is 1. The molecule has 0 amide bonds. The molecule has 0 bridgehead atoms. The minimum absolute atomic E-state index is 0.500. The Hall–Kier alpha value is -1.80. The van der Waals surface area contributed by atoms with Crippen molar-refractivity contribution in [2.24, 2.45) is 4.99 Å². The van der Waals surface area contributed by atoms with Gasteiger partial charge in [-0.25, -0.2) is 4.79 Å². The fourth-order valence-electron chi connectivity index (χ4n) is 1.05. The molecule has 14 heavy (non-hydrogen) atoms. The van der Waals surface area contributed by atoms with Crippen molar-refractivity contribution >= 4 is 11.8 Å². The third-order valence-electron chi connectivity index (χ3n) is 1.62. The Balaban J connectivity index is 3.04. The molecular weight excluding hydrogens is 182 g/mol. The zero-order valence-corrected chi connectivity index (χ0v) is 8.11. The number of benzene rings is 1. The van der Waals surface area contributed by atoms with Gasteiger partial charge in [0.25, 0.3) is 0 Å². The molecule has 0 atom stereocenters. The lowest BCUT2D eigenvalue weighted by molar-refractivity contribution is 0.311. The van der Waals surface area contributed by atoms with E-state index in [-0.39, 0.29) is 0 Å². The van der Waals surface area contributed by atoms with Crippen molar-refractivity contribution in [1.82, 2.24) is 0 Å². The number of hydrogen-bond acceptors (Lipinski definition) is 4. The van der Waals surface area contributed by atoms with Gasteiger partial charge in [-0.3, -0.25) is 0 Å². The summed E-state index contributed by atoms with van der Waals surface area (Å²) < 4.78 is 10.4. The van der Waals surface area contributed by atoms with E-state index in [0.717, 1.165) is 0 Å². The number of ether oxygens (including phenoxy) is 2. The van der Waals surface area contributed by atoms with Gasteiger partial charge in [-0.05, 0) is 19.1 Å². The lowest BCUT2D eigenvalue weighted by Crippen LogP contribution is -1.94. The van der Waals surface area contributed by atoms with Crippen molar-refractivity contribution in [2.45, 2.75) is 6.92 Å². The second kappa shape index (κ2) is 5.04. The predicted octanol–water partition coefficient (Wildman–Crippen LogP) is 2.06. The molecule has 0 N–H and O–H groups in total. The van der Waals surface area contributed by atoms with E-state index >= 15 is 0 Å². The Labute approximate surface area is 82.2 Å². The van der Waals surface area contributed by atoms with Crippen LogP contribution in [0.3, 0.4) is 0 Å². The molecular formula is C10H11NO3. The van der Waals surface area contributed by atoms with Crippen molar-refractivity contribution in [3.8, 4) is 11.5 Å². The van der Waals surface area contributed by atoms with Crippen LogP contribution in [0.25, 0.3) is 0 Å². The van der Waals surface area contributed by atoms with E-state index < -0.39 is 0 Å². The van der Waals surface area contributed by atoms with Crippen molar-refractivity contribution in [3.05, 3.63) is 18.2 Å². The maximum atomic E-state index is 10.0. The molecule has 0 aromatic heterocycles. The number of methoxy groups -OCH3 is 1. The third-order valence-corrected chi connectivity index (χ3v) is 1.62. The van der Waals surface area contributed by atoms with Gasteiger partial charge in [-0.15, -0.1) is 0 Å². The van der Waals surface area contributed by atoms with Crippen LogP contribution in [0.2, 0.25) is 0 Å². The molecule has 0 radical (unpaired) electrons. The van der Waals surface area contributed by atoms with Gasteiger partial charge in [0.1, 0.15) is 0 Å². The summed E-state index contributed by atoms with van der Waals surface area (Å²) >= 11 is 0. The maximum Gasteiger partial charge on any atom is 0.240 e. The summed E-state index contributed by atoms with van der Waals surface area (Å²) in [6.07, 6.45) is 1.47. The third kappa shape index (κ3) is 2.34. The normalized spacial score (nSPS) is 9.00. The van der Waals surface area contributed by atoms with E-state index in [1.807, 2.05) is 6.92 Å². The van der Waals surface area contributed by atoms with E-state index in [1.165, 1.54) is 13.2 Å². The molecule has 74 valence electrons. The van der Waals surface area contributed by atoms with Gasteiger partial charge in [0.05, 0.1) is 19.4 Å². The van der Waals surface area contributed by atoms with Crippen LogP contribution in [0, 0.1) is 0 Å². The maximum absolute atomic E-state index is 10.0. The van der Waals surface area contributed by atoms with E-state index in [1.54, 1.807) is 18.2 Å². The molecule has 0 fully saturated rings. The highest BCUT2D eigenvalue weighted by Gasteiger charge is 2.03. The summed E-state index contributed by atoms with van der Waals surface area (Å²) in [7, 11) is 1.53. The van der Waals surface area contributed by atoms with Gasteiger partial charge in [0, 0.05) is 6.07 Å². The lowest BCUT2D eigenvalue weighted by Gasteiger charge is -2.08. The lowest BCUT2D eigenvalue weighted by atomic mass is 10.3. The quantitative estimate of drug-likeness (QED) is 0.543. The molecule has 0 aliphatic carbocycles. The highest BCUT2D eigenvalue weighted by Crippen LogP contribution is 2.30. The zero-order valence-electron chi connectivity index (χ0n) is 8.11. The summed E-state index contributed by atoms with van der Waals surface area (Å²) in [6, 6.07) is 4.99. The number of isocyanates is 1. The fraction of sp³-hybridized carbons (Fsp3) is 0.300. The molecule has 0 saturated carbocycles. The molecule has 0 aliphatic heterocycles. The number of rotatable bonds is 4. The zero-order chi connectivity index (χ0) is 10.4. The van der Waals surface area contributed by atoms with E-state index in [2.05, 4.69) is 4.99 Å². The molecule has 0 heterocycles. The molecule has 4 heteroatoms. The largest absolute Gasteiger partial charge is 0.493 e. The Morgan fingerprint density at radius 1 is 1.43 bits per heavy atom.